The summed E-state index contributed by atoms with van der Waals surface area (Å²) in [4.78, 5) is 34.0. The summed E-state index contributed by atoms with van der Waals surface area (Å²) >= 11 is 0. The maximum Gasteiger partial charge on any atom is 0.322 e. The van der Waals surface area contributed by atoms with Gasteiger partial charge in [0.1, 0.15) is 0 Å². The Balaban J connectivity index is 1.52. The number of nitrogens with one attached hydrogen (secondary N) is 2. The summed E-state index contributed by atoms with van der Waals surface area (Å²) in [6, 6.07) is 15.8. The maximum atomic E-state index is 13.5. The number of hydrogen-bond donors (Lipinski definition) is 2. The molecule has 1 unspecified atom stereocenters. The number of carbonyl (C=O) groups is 2. The average Bonchev–Trinajstić information content (AvgIpc) is 3.24. The highest BCUT2D eigenvalue weighted by molar-refractivity contribution is 5.92. The van der Waals surface area contributed by atoms with Crippen molar-refractivity contribution in [2.24, 2.45) is 5.92 Å². The molecule has 1 aliphatic carbocycles. The molecule has 166 valence electrons. The molecule has 0 saturated carbocycles. The van der Waals surface area contributed by atoms with E-state index in [1.165, 1.54) is 16.5 Å². The van der Waals surface area contributed by atoms with Crippen LogP contribution < -0.4 is 5.32 Å². The molecule has 32 heavy (non-hydrogen) atoms. The molecule has 3 atom stereocenters. The van der Waals surface area contributed by atoms with E-state index in [0.29, 0.717) is 19.6 Å². The highest BCUT2D eigenvalue weighted by Gasteiger charge is 2.45. The van der Waals surface area contributed by atoms with E-state index in [-0.39, 0.29) is 29.8 Å². The van der Waals surface area contributed by atoms with Crippen LogP contribution in [0.4, 0.5) is 10.5 Å². The van der Waals surface area contributed by atoms with Crippen molar-refractivity contribution >= 4 is 28.5 Å². The summed E-state index contributed by atoms with van der Waals surface area (Å²) in [5, 5.41) is 4.33. The molecule has 1 saturated heterocycles. The fourth-order valence-corrected chi connectivity index (χ4v) is 5.62. The van der Waals surface area contributed by atoms with Crippen molar-refractivity contribution in [2.75, 3.05) is 25.0 Å². The second-order valence-corrected chi connectivity index (χ2v) is 8.85. The van der Waals surface area contributed by atoms with Crippen LogP contribution in [0.5, 0.6) is 0 Å². The summed E-state index contributed by atoms with van der Waals surface area (Å²) < 4.78 is 0. The van der Waals surface area contributed by atoms with Crippen molar-refractivity contribution in [3.05, 3.63) is 65.9 Å². The lowest BCUT2D eigenvalue weighted by molar-refractivity contribution is -0.137. The molecule has 1 fully saturated rings. The van der Waals surface area contributed by atoms with Crippen LogP contribution in [-0.4, -0.2) is 52.4 Å². The zero-order valence-electron chi connectivity index (χ0n) is 18.7. The fraction of sp³-hybridized carbons (Fsp3) is 0.385. The second kappa shape index (κ2) is 8.34. The first-order valence-electron chi connectivity index (χ1n) is 11.6. The monoisotopic (exact) mass is 430 g/mol. The molecule has 6 nitrogen and oxygen atoms in total. The minimum absolute atomic E-state index is 0.0355. The van der Waals surface area contributed by atoms with Gasteiger partial charge in [0.05, 0.1) is 5.92 Å². The molecule has 1 aliphatic heterocycles. The largest absolute Gasteiger partial charge is 0.361 e. The van der Waals surface area contributed by atoms with Gasteiger partial charge in [0, 0.05) is 54.4 Å². The topological polar surface area (TPSA) is 68.4 Å². The van der Waals surface area contributed by atoms with Gasteiger partial charge in [-0.2, -0.15) is 0 Å². The molecule has 3 aromatic rings. The zero-order chi connectivity index (χ0) is 22.2. The minimum Gasteiger partial charge on any atom is -0.361 e. The fourth-order valence-electron chi connectivity index (χ4n) is 5.62. The highest BCUT2D eigenvalue weighted by atomic mass is 16.2. The SMILES string of the molecule is CCN(CC)C(=O)[C@@H]1CC2c3cccc4[nH]cc(c34)C[C@H]2N(C(=O)Nc2ccccc2)C1. The number of aromatic amines is 1. The normalized spacial score (nSPS) is 21.8. The number of nitrogens with zero attached hydrogens (tertiary/aromatic N) is 2. The number of amides is 3. The van der Waals surface area contributed by atoms with Gasteiger partial charge in [-0.05, 0) is 56.0 Å². The predicted molar refractivity (Wildman–Crippen MR) is 127 cm³/mol. The number of benzene rings is 2. The summed E-state index contributed by atoms with van der Waals surface area (Å²) in [6.45, 7) is 5.85. The van der Waals surface area contributed by atoms with Crippen LogP contribution in [0.3, 0.4) is 0 Å². The lowest BCUT2D eigenvalue weighted by Gasteiger charge is -2.47. The third kappa shape index (κ3) is 3.44. The Labute approximate surface area is 188 Å². The third-order valence-electron chi connectivity index (χ3n) is 7.18. The van der Waals surface area contributed by atoms with Crippen LogP contribution in [0.2, 0.25) is 0 Å². The predicted octanol–water partition coefficient (Wildman–Crippen LogP) is 4.60. The molecule has 6 heteroatoms. The van der Waals surface area contributed by atoms with Gasteiger partial charge in [0.2, 0.25) is 5.91 Å². The Morgan fingerprint density at radius 2 is 1.88 bits per heavy atom. The number of aromatic nitrogens is 1. The molecule has 5 rings (SSSR count). The van der Waals surface area contributed by atoms with Gasteiger partial charge >= 0.3 is 6.03 Å². The second-order valence-electron chi connectivity index (χ2n) is 8.85. The van der Waals surface area contributed by atoms with Crippen LogP contribution in [0.15, 0.2) is 54.7 Å². The van der Waals surface area contributed by atoms with E-state index in [0.717, 1.165) is 24.0 Å². The van der Waals surface area contributed by atoms with Gasteiger partial charge in [-0.25, -0.2) is 4.79 Å². The van der Waals surface area contributed by atoms with Crippen LogP contribution in [0.1, 0.15) is 37.3 Å². The van der Waals surface area contributed by atoms with Crippen LogP contribution in [0.25, 0.3) is 10.9 Å². The number of rotatable bonds is 4. The number of hydrogen-bond acceptors (Lipinski definition) is 2. The molecular formula is C26H30N4O2. The standard InChI is InChI=1S/C26H30N4O2/c1-3-29(4-2)25(31)18-13-21-20-11-8-12-22-24(20)17(15-27-22)14-23(21)30(16-18)26(32)28-19-9-6-5-7-10-19/h5-12,15,18,21,23,27H,3-4,13-14,16H2,1-2H3,(H,28,32)/t18-,21?,23-/m1/s1. The highest BCUT2D eigenvalue weighted by Crippen LogP contribution is 2.45. The summed E-state index contributed by atoms with van der Waals surface area (Å²) in [5.74, 6) is 0.0909. The quantitative estimate of drug-likeness (QED) is 0.635. The Bertz CT molecular complexity index is 1140. The number of para-hydroxylation sites is 1. The molecule has 0 radical (unpaired) electrons. The van der Waals surface area contributed by atoms with E-state index in [1.54, 1.807) is 0 Å². The Morgan fingerprint density at radius 1 is 1.09 bits per heavy atom. The van der Waals surface area contributed by atoms with Gasteiger partial charge in [0.15, 0.2) is 0 Å². The number of likely N-dealkylation sites (tertiary alicyclic amines) is 1. The number of piperidine rings is 1. The third-order valence-corrected chi connectivity index (χ3v) is 7.18. The first kappa shape index (κ1) is 20.6. The number of anilines is 1. The van der Waals surface area contributed by atoms with Crippen LogP contribution >= 0.6 is 0 Å². The molecule has 2 heterocycles. The smallest absolute Gasteiger partial charge is 0.322 e. The Hall–Kier alpha value is -3.28. The van der Waals surface area contributed by atoms with Gasteiger partial charge < -0.3 is 20.1 Å². The lowest BCUT2D eigenvalue weighted by atomic mass is 9.72. The number of fused-ring (bicyclic) bond motifs is 2. The maximum absolute atomic E-state index is 13.5. The van der Waals surface area contributed by atoms with E-state index in [9.17, 15) is 9.59 Å². The first-order valence-corrected chi connectivity index (χ1v) is 11.6. The number of carbonyl (C=O) groups excluding carboxylic acids is 2. The van der Waals surface area contributed by atoms with E-state index in [2.05, 4.69) is 34.7 Å². The van der Waals surface area contributed by atoms with Crippen molar-refractivity contribution in [2.45, 2.75) is 38.6 Å². The van der Waals surface area contributed by atoms with Gasteiger partial charge in [-0.15, -0.1) is 0 Å². The van der Waals surface area contributed by atoms with Crippen molar-refractivity contribution in [3.8, 4) is 0 Å². The van der Waals surface area contributed by atoms with E-state index in [1.807, 2.05) is 54.0 Å². The molecule has 2 aliphatic rings. The molecule has 0 spiro atoms. The van der Waals surface area contributed by atoms with Gasteiger partial charge in [0.25, 0.3) is 0 Å². The van der Waals surface area contributed by atoms with Gasteiger partial charge in [-0.1, -0.05) is 30.3 Å². The molecule has 0 bridgehead atoms. The van der Waals surface area contributed by atoms with Crippen molar-refractivity contribution in [1.29, 1.82) is 0 Å². The summed E-state index contributed by atoms with van der Waals surface area (Å²) in [7, 11) is 0. The van der Waals surface area contributed by atoms with Gasteiger partial charge in [-0.3, -0.25) is 4.79 Å². The van der Waals surface area contributed by atoms with Crippen LogP contribution in [-0.2, 0) is 11.2 Å². The van der Waals surface area contributed by atoms with Crippen molar-refractivity contribution in [1.82, 2.24) is 14.8 Å². The van der Waals surface area contributed by atoms with Crippen LogP contribution in [0, 0.1) is 5.92 Å². The van der Waals surface area contributed by atoms with E-state index >= 15 is 0 Å². The summed E-state index contributed by atoms with van der Waals surface area (Å²) in [6.07, 6.45) is 3.65. The Kier molecular flexibility index (Phi) is 5.37. The number of H-pyrrole nitrogens is 1. The zero-order valence-corrected chi connectivity index (χ0v) is 18.7. The minimum atomic E-state index is -0.201. The molecule has 2 aromatic carbocycles. The molecule has 2 N–H and O–H groups in total. The lowest BCUT2D eigenvalue weighted by Crippen LogP contribution is -2.56. The summed E-state index contributed by atoms with van der Waals surface area (Å²) in [5.41, 5.74) is 4.41. The molecule has 1 aromatic heterocycles. The Morgan fingerprint density at radius 3 is 2.62 bits per heavy atom. The first-order chi connectivity index (χ1) is 15.6. The van der Waals surface area contributed by atoms with Crippen molar-refractivity contribution < 1.29 is 9.59 Å². The molecular weight excluding hydrogens is 400 g/mol. The average molecular weight is 431 g/mol. The van der Waals surface area contributed by atoms with E-state index < -0.39 is 0 Å². The van der Waals surface area contributed by atoms with Crippen molar-refractivity contribution in [3.63, 3.8) is 0 Å². The molecule has 3 amide bonds. The van der Waals surface area contributed by atoms with E-state index in [4.69, 9.17) is 0 Å². The number of urea groups is 1.